The van der Waals surface area contributed by atoms with Gasteiger partial charge in [0, 0.05) is 16.2 Å². The van der Waals surface area contributed by atoms with E-state index in [1.807, 2.05) is 0 Å². The Kier molecular flexibility index (Phi) is 4.24. The fraction of sp³-hybridized carbons (Fsp3) is 0.538. The lowest BCUT2D eigenvalue weighted by molar-refractivity contribution is 0.637. The lowest BCUT2D eigenvalue weighted by Crippen LogP contribution is -2.21. The molecule has 88 valence electrons. The highest BCUT2D eigenvalue weighted by molar-refractivity contribution is 9.10. The van der Waals surface area contributed by atoms with Crippen molar-refractivity contribution in [2.45, 2.75) is 32.2 Å². The first-order valence-electron chi connectivity index (χ1n) is 5.99. The molecule has 1 fully saturated rings. The van der Waals surface area contributed by atoms with Crippen LogP contribution in [0.3, 0.4) is 0 Å². The fourth-order valence-corrected chi connectivity index (χ4v) is 2.49. The van der Waals surface area contributed by atoms with Gasteiger partial charge in [-0.1, -0.05) is 22.0 Å². The summed E-state index contributed by atoms with van der Waals surface area (Å²) in [6.07, 6.45) is 3.75. The number of aryl methyl sites for hydroxylation is 1. The minimum atomic E-state index is 0.614. The molecule has 16 heavy (non-hydrogen) atoms. The molecule has 0 bridgehead atoms. The van der Waals surface area contributed by atoms with Crippen LogP contribution in [0.15, 0.2) is 22.7 Å². The van der Waals surface area contributed by atoms with Crippen LogP contribution in [0.25, 0.3) is 0 Å². The Bertz CT molecular complexity index is 344. The Labute approximate surface area is 106 Å². The standard InChI is InChI=1S/C13H19BrN2/c1-10-4-5-11(14)9-13(10)16-12-3-2-7-15-8-6-12/h4-5,9,12,15-16H,2-3,6-8H2,1H3. The molecule has 1 atom stereocenters. The third-order valence-electron chi connectivity index (χ3n) is 3.13. The molecule has 0 radical (unpaired) electrons. The van der Waals surface area contributed by atoms with Crippen molar-refractivity contribution in [2.75, 3.05) is 18.4 Å². The summed E-state index contributed by atoms with van der Waals surface area (Å²) in [4.78, 5) is 0. The average Bonchev–Trinajstić information content (AvgIpc) is 2.52. The zero-order valence-corrected chi connectivity index (χ0v) is 11.3. The molecular weight excluding hydrogens is 264 g/mol. The van der Waals surface area contributed by atoms with E-state index in [1.54, 1.807) is 0 Å². The van der Waals surface area contributed by atoms with Crippen molar-refractivity contribution in [3.8, 4) is 0 Å². The largest absolute Gasteiger partial charge is 0.382 e. The second-order valence-electron chi connectivity index (χ2n) is 4.48. The summed E-state index contributed by atoms with van der Waals surface area (Å²) in [5, 5.41) is 7.10. The highest BCUT2D eigenvalue weighted by atomic mass is 79.9. The molecule has 1 aliphatic rings. The number of halogens is 1. The summed E-state index contributed by atoms with van der Waals surface area (Å²) < 4.78 is 1.15. The summed E-state index contributed by atoms with van der Waals surface area (Å²) in [6, 6.07) is 7.03. The van der Waals surface area contributed by atoms with Gasteiger partial charge in [0.25, 0.3) is 0 Å². The van der Waals surface area contributed by atoms with Crippen molar-refractivity contribution < 1.29 is 0 Å². The van der Waals surface area contributed by atoms with Gasteiger partial charge in [-0.2, -0.15) is 0 Å². The van der Waals surface area contributed by atoms with Gasteiger partial charge in [0.05, 0.1) is 0 Å². The Morgan fingerprint density at radius 2 is 2.19 bits per heavy atom. The van der Waals surface area contributed by atoms with Crippen LogP contribution in [0, 0.1) is 6.92 Å². The molecule has 1 aromatic rings. The molecule has 1 unspecified atom stereocenters. The van der Waals surface area contributed by atoms with Crippen molar-refractivity contribution >= 4 is 21.6 Å². The quantitative estimate of drug-likeness (QED) is 0.870. The molecule has 1 heterocycles. The maximum atomic E-state index is 3.66. The first-order chi connectivity index (χ1) is 7.75. The van der Waals surface area contributed by atoms with Crippen molar-refractivity contribution in [3.63, 3.8) is 0 Å². The second-order valence-corrected chi connectivity index (χ2v) is 5.40. The van der Waals surface area contributed by atoms with Crippen LogP contribution in [0.4, 0.5) is 5.69 Å². The summed E-state index contributed by atoms with van der Waals surface area (Å²) in [5.74, 6) is 0. The van der Waals surface area contributed by atoms with E-state index in [0.717, 1.165) is 17.6 Å². The van der Waals surface area contributed by atoms with Gasteiger partial charge >= 0.3 is 0 Å². The van der Waals surface area contributed by atoms with Gasteiger partial charge in [-0.05, 0) is 57.0 Å². The lowest BCUT2D eigenvalue weighted by atomic mass is 10.1. The molecule has 2 nitrogen and oxygen atoms in total. The van der Waals surface area contributed by atoms with Gasteiger partial charge < -0.3 is 10.6 Å². The normalized spacial score (nSPS) is 21.5. The first-order valence-corrected chi connectivity index (χ1v) is 6.78. The van der Waals surface area contributed by atoms with Crippen molar-refractivity contribution in [2.24, 2.45) is 0 Å². The smallest absolute Gasteiger partial charge is 0.0383 e. The number of rotatable bonds is 2. The zero-order chi connectivity index (χ0) is 11.4. The number of hydrogen-bond acceptors (Lipinski definition) is 2. The van der Waals surface area contributed by atoms with Crippen LogP contribution in [0.1, 0.15) is 24.8 Å². The zero-order valence-electron chi connectivity index (χ0n) is 9.72. The van der Waals surface area contributed by atoms with Crippen LogP contribution in [0.2, 0.25) is 0 Å². The van der Waals surface area contributed by atoms with Crippen LogP contribution in [-0.4, -0.2) is 19.1 Å². The summed E-state index contributed by atoms with van der Waals surface area (Å²) >= 11 is 3.52. The Hall–Kier alpha value is -0.540. The molecule has 0 saturated carbocycles. The van der Waals surface area contributed by atoms with E-state index in [4.69, 9.17) is 0 Å². The molecule has 0 amide bonds. The highest BCUT2D eigenvalue weighted by Crippen LogP contribution is 2.23. The molecule has 0 aliphatic carbocycles. The van der Waals surface area contributed by atoms with E-state index in [-0.39, 0.29) is 0 Å². The minimum Gasteiger partial charge on any atom is -0.382 e. The monoisotopic (exact) mass is 282 g/mol. The van der Waals surface area contributed by atoms with E-state index in [9.17, 15) is 0 Å². The minimum absolute atomic E-state index is 0.614. The van der Waals surface area contributed by atoms with E-state index in [0.29, 0.717) is 6.04 Å². The molecule has 1 saturated heterocycles. The molecule has 2 rings (SSSR count). The Morgan fingerprint density at radius 1 is 1.31 bits per heavy atom. The van der Waals surface area contributed by atoms with Gasteiger partial charge in [-0.3, -0.25) is 0 Å². The average molecular weight is 283 g/mol. The molecule has 0 spiro atoms. The predicted octanol–water partition coefficient (Wildman–Crippen LogP) is 3.31. The number of nitrogens with one attached hydrogen (secondary N) is 2. The molecule has 0 aromatic heterocycles. The van der Waals surface area contributed by atoms with E-state index in [1.165, 1.54) is 30.5 Å². The van der Waals surface area contributed by atoms with Gasteiger partial charge in [0.1, 0.15) is 0 Å². The second kappa shape index (κ2) is 5.69. The summed E-state index contributed by atoms with van der Waals surface area (Å²) in [6.45, 7) is 4.45. The molecule has 2 N–H and O–H groups in total. The molecule has 1 aromatic carbocycles. The van der Waals surface area contributed by atoms with Crippen LogP contribution in [0.5, 0.6) is 0 Å². The van der Waals surface area contributed by atoms with Crippen LogP contribution >= 0.6 is 15.9 Å². The molecule has 1 aliphatic heterocycles. The van der Waals surface area contributed by atoms with Gasteiger partial charge in [-0.15, -0.1) is 0 Å². The first kappa shape index (κ1) is 11.9. The van der Waals surface area contributed by atoms with E-state index < -0.39 is 0 Å². The summed E-state index contributed by atoms with van der Waals surface area (Å²) in [5.41, 5.74) is 2.58. The van der Waals surface area contributed by atoms with E-state index >= 15 is 0 Å². The Balaban J connectivity index is 2.04. The number of hydrogen-bond donors (Lipinski definition) is 2. The van der Waals surface area contributed by atoms with Gasteiger partial charge in [0.15, 0.2) is 0 Å². The summed E-state index contributed by atoms with van der Waals surface area (Å²) in [7, 11) is 0. The van der Waals surface area contributed by atoms with Gasteiger partial charge in [0.2, 0.25) is 0 Å². The molecule has 3 heteroatoms. The maximum Gasteiger partial charge on any atom is 0.0383 e. The number of benzene rings is 1. The maximum absolute atomic E-state index is 3.66. The molecular formula is C13H19BrN2. The van der Waals surface area contributed by atoms with Gasteiger partial charge in [-0.25, -0.2) is 0 Å². The number of anilines is 1. The topological polar surface area (TPSA) is 24.1 Å². The lowest BCUT2D eigenvalue weighted by Gasteiger charge is -2.19. The van der Waals surface area contributed by atoms with Crippen LogP contribution < -0.4 is 10.6 Å². The SMILES string of the molecule is Cc1ccc(Br)cc1NC1CCCNCC1. The predicted molar refractivity (Wildman–Crippen MR) is 73.0 cm³/mol. The van der Waals surface area contributed by atoms with Crippen molar-refractivity contribution in [3.05, 3.63) is 28.2 Å². The van der Waals surface area contributed by atoms with Crippen molar-refractivity contribution in [1.82, 2.24) is 5.32 Å². The van der Waals surface area contributed by atoms with Crippen molar-refractivity contribution in [1.29, 1.82) is 0 Å². The Morgan fingerprint density at radius 3 is 3.06 bits per heavy atom. The third kappa shape index (κ3) is 3.22. The third-order valence-corrected chi connectivity index (χ3v) is 3.63. The van der Waals surface area contributed by atoms with E-state index in [2.05, 4.69) is 51.7 Å². The fourth-order valence-electron chi connectivity index (χ4n) is 2.13. The highest BCUT2D eigenvalue weighted by Gasteiger charge is 2.12. The van der Waals surface area contributed by atoms with Crippen LogP contribution in [-0.2, 0) is 0 Å².